The van der Waals surface area contributed by atoms with Gasteiger partial charge in [0.25, 0.3) is 0 Å². The Morgan fingerprint density at radius 2 is 1.15 bits per heavy atom. The Balaban J connectivity index is -0.000000772. The maximum absolute atomic E-state index is 10.5. The van der Waals surface area contributed by atoms with E-state index < -0.39 is 7.82 Å². The van der Waals surface area contributed by atoms with Crippen molar-refractivity contribution < 1.29 is 41.1 Å². The Kier molecular flexibility index (Phi) is 26.9. The van der Waals surface area contributed by atoms with E-state index in [0.717, 1.165) is 12.8 Å². The number of hydrogen-bond donors (Lipinski definition) is 4. The number of carbonyl (C=O) groups excluding carboxylic acids is 1. The number of hydrogen-bond acceptors (Lipinski definition) is 2. The minimum atomic E-state index is -4.64. The first kappa shape index (κ1) is 30.6. The van der Waals surface area contributed by atoms with Crippen molar-refractivity contribution in [3.05, 3.63) is 12.2 Å². The summed E-state index contributed by atoms with van der Waals surface area (Å²) in [6.45, 7) is 2.26. The number of primary amides is 1. The first-order valence-electron chi connectivity index (χ1n) is 9.49. The average molecular weight is 435 g/mol. The molecule has 0 aromatic rings. The van der Waals surface area contributed by atoms with Crippen LogP contribution < -0.4 is 5.73 Å². The third-order valence-corrected chi connectivity index (χ3v) is 3.68. The van der Waals surface area contributed by atoms with Gasteiger partial charge in [0.15, 0.2) is 0 Å². The summed E-state index contributed by atoms with van der Waals surface area (Å²) in [7, 11) is -4.64. The fourth-order valence-electron chi connectivity index (χ4n) is 2.37. The molecule has 0 rings (SSSR count). The zero-order chi connectivity index (χ0) is 19.4. The molecule has 0 atom stereocenters. The van der Waals surface area contributed by atoms with Crippen LogP contribution in [0.3, 0.4) is 0 Å². The zero-order valence-electron chi connectivity index (χ0n) is 16.1. The van der Waals surface area contributed by atoms with Gasteiger partial charge in [0.05, 0.1) is 0 Å². The van der Waals surface area contributed by atoms with E-state index in [-0.39, 0.29) is 23.0 Å². The second-order valence-corrected chi connectivity index (χ2v) is 7.34. The summed E-state index contributed by atoms with van der Waals surface area (Å²) in [5, 5.41) is 0. The average Bonchev–Trinajstić information content (AvgIpc) is 2.49. The largest absolute Gasteiger partial charge is 0.466 e. The van der Waals surface area contributed by atoms with Gasteiger partial charge in [-0.2, -0.15) is 0 Å². The molecule has 0 aromatic carbocycles. The fourth-order valence-corrected chi connectivity index (χ4v) is 2.37. The molecular formula is C18H38FeNO5P. The molecule has 0 fully saturated rings. The Morgan fingerprint density at radius 1 is 0.808 bits per heavy atom. The summed E-state index contributed by atoms with van der Waals surface area (Å²) in [5.74, 6) is -0.164. The summed E-state index contributed by atoms with van der Waals surface area (Å²) in [6.07, 6.45) is 21.9. The first-order valence-corrected chi connectivity index (χ1v) is 11.1. The van der Waals surface area contributed by atoms with Gasteiger partial charge in [-0.05, 0) is 32.1 Å². The predicted molar refractivity (Wildman–Crippen MR) is 103 cm³/mol. The van der Waals surface area contributed by atoms with Gasteiger partial charge in [0.1, 0.15) is 0 Å². The van der Waals surface area contributed by atoms with E-state index in [2.05, 4.69) is 19.1 Å². The molecule has 0 bridgehead atoms. The Hall–Kier alpha value is -0.161. The van der Waals surface area contributed by atoms with Crippen LogP contribution in [0.5, 0.6) is 0 Å². The summed E-state index contributed by atoms with van der Waals surface area (Å²) in [5.41, 5.74) is 5.10. The molecule has 6 nitrogen and oxygen atoms in total. The third kappa shape index (κ3) is 43.9. The van der Waals surface area contributed by atoms with Crippen molar-refractivity contribution in [2.75, 3.05) is 0 Å². The Bertz CT molecular complexity index is 366. The molecule has 26 heavy (non-hydrogen) atoms. The summed E-state index contributed by atoms with van der Waals surface area (Å²) in [4.78, 5) is 32.1. The van der Waals surface area contributed by atoms with Gasteiger partial charge in [-0.3, -0.25) is 4.79 Å². The summed E-state index contributed by atoms with van der Waals surface area (Å²) < 4.78 is 8.88. The van der Waals surface area contributed by atoms with Crippen molar-refractivity contribution in [3.63, 3.8) is 0 Å². The van der Waals surface area contributed by atoms with Gasteiger partial charge in [0, 0.05) is 23.5 Å². The van der Waals surface area contributed by atoms with Crippen LogP contribution in [0.2, 0.25) is 0 Å². The molecule has 0 saturated heterocycles. The van der Waals surface area contributed by atoms with Crippen LogP contribution in [0.4, 0.5) is 0 Å². The van der Waals surface area contributed by atoms with Crippen LogP contribution in [0.25, 0.3) is 0 Å². The number of phosphoric acid groups is 1. The van der Waals surface area contributed by atoms with Gasteiger partial charge in [-0.1, -0.05) is 70.4 Å². The van der Waals surface area contributed by atoms with E-state index in [4.69, 9.17) is 25.0 Å². The minimum Gasteiger partial charge on any atom is -0.370 e. The van der Waals surface area contributed by atoms with Gasteiger partial charge in [-0.15, -0.1) is 0 Å². The number of carbonyl (C=O) groups is 1. The molecule has 0 aliphatic heterocycles. The Morgan fingerprint density at radius 3 is 1.54 bits per heavy atom. The molecule has 0 aromatic heterocycles. The molecule has 0 aliphatic carbocycles. The molecule has 0 aliphatic rings. The van der Waals surface area contributed by atoms with E-state index in [1.165, 1.54) is 70.6 Å². The monoisotopic (exact) mass is 435 g/mol. The molecule has 158 valence electrons. The quantitative estimate of drug-likeness (QED) is 0.130. The van der Waals surface area contributed by atoms with E-state index in [0.29, 0.717) is 6.42 Å². The molecular weight excluding hydrogens is 397 g/mol. The summed E-state index contributed by atoms with van der Waals surface area (Å²) in [6, 6.07) is 0. The third-order valence-electron chi connectivity index (χ3n) is 3.68. The standard InChI is InChI=1S/C18H35NO.Fe.H3O4P/c1-2-3-4-5-6-7-8-9-10-11-12-13-14-15-16-17-18(19)20;;1-5(2,3)4/h9-10H,2-8,11-17H2,1H3,(H2,19,20);;(H3,1,2,3,4)/b10-9-;;. The second kappa shape index (κ2) is 22.9. The van der Waals surface area contributed by atoms with Crippen molar-refractivity contribution in [3.8, 4) is 0 Å². The van der Waals surface area contributed by atoms with Crippen LogP contribution in [0, 0.1) is 0 Å². The predicted octanol–water partition coefficient (Wildman–Crippen LogP) is 4.58. The molecule has 0 heterocycles. The minimum absolute atomic E-state index is 0. The van der Waals surface area contributed by atoms with E-state index in [9.17, 15) is 4.79 Å². The van der Waals surface area contributed by atoms with Crippen molar-refractivity contribution >= 4 is 13.7 Å². The molecule has 5 N–H and O–H groups in total. The number of rotatable bonds is 15. The van der Waals surface area contributed by atoms with Crippen LogP contribution in [-0.2, 0) is 26.4 Å². The van der Waals surface area contributed by atoms with Gasteiger partial charge < -0.3 is 20.4 Å². The van der Waals surface area contributed by atoms with E-state index in [1.807, 2.05) is 0 Å². The van der Waals surface area contributed by atoms with Gasteiger partial charge in [0.2, 0.25) is 5.91 Å². The normalized spacial score (nSPS) is 10.9. The number of unbranched alkanes of at least 4 members (excludes halogenated alkanes) is 11. The smallest absolute Gasteiger partial charge is 0.370 e. The maximum Gasteiger partial charge on any atom is 0.466 e. The van der Waals surface area contributed by atoms with Gasteiger partial charge in [-0.25, -0.2) is 4.57 Å². The number of nitrogens with two attached hydrogens (primary N) is 1. The van der Waals surface area contributed by atoms with Crippen LogP contribution in [-0.4, -0.2) is 20.6 Å². The molecule has 1 amide bonds. The molecule has 0 spiro atoms. The Labute approximate surface area is 169 Å². The molecule has 0 saturated carbocycles. The van der Waals surface area contributed by atoms with E-state index in [1.54, 1.807) is 0 Å². The molecule has 8 heteroatoms. The van der Waals surface area contributed by atoms with Crippen molar-refractivity contribution in [2.45, 2.75) is 96.8 Å². The molecule has 0 radical (unpaired) electrons. The first-order chi connectivity index (χ1) is 11.8. The number of amides is 1. The second-order valence-electron chi connectivity index (χ2n) is 6.31. The summed E-state index contributed by atoms with van der Waals surface area (Å²) >= 11 is 0. The molecule has 0 unspecified atom stereocenters. The fraction of sp³-hybridized carbons (Fsp3) is 0.833. The van der Waals surface area contributed by atoms with Gasteiger partial charge >= 0.3 is 7.82 Å². The van der Waals surface area contributed by atoms with E-state index >= 15 is 0 Å². The van der Waals surface area contributed by atoms with Crippen LogP contribution in [0.15, 0.2) is 12.2 Å². The maximum atomic E-state index is 10.5. The zero-order valence-corrected chi connectivity index (χ0v) is 18.1. The van der Waals surface area contributed by atoms with Crippen LogP contribution >= 0.6 is 7.82 Å². The van der Waals surface area contributed by atoms with Crippen molar-refractivity contribution in [1.82, 2.24) is 0 Å². The SMILES string of the molecule is CCCCCCCC/C=C\CCCCCCCC(N)=O.O=P(O)(O)O.[Fe]. The van der Waals surface area contributed by atoms with Crippen molar-refractivity contribution in [1.29, 1.82) is 0 Å². The van der Waals surface area contributed by atoms with Crippen molar-refractivity contribution in [2.24, 2.45) is 5.73 Å². The van der Waals surface area contributed by atoms with Crippen LogP contribution in [0.1, 0.15) is 96.8 Å². The topological polar surface area (TPSA) is 121 Å². The number of allylic oxidation sites excluding steroid dienone is 2.